The highest BCUT2D eigenvalue weighted by molar-refractivity contribution is 6.74. The number of likely N-dealkylation sites (tertiary alicyclic amines) is 1. The van der Waals surface area contributed by atoms with E-state index in [0.717, 1.165) is 0 Å². The number of aliphatic hydroxyl groups excluding tert-OH is 1. The predicted molar refractivity (Wildman–Crippen MR) is 101 cm³/mol. The van der Waals surface area contributed by atoms with E-state index >= 15 is 0 Å². The first-order valence-corrected chi connectivity index (χ1v) is 11.9. The molecule has 1 aliphatic rings. The van der Waals surface area contributed by atoms with Gasteiger partial charge in [-0.25, -0.2) is 4.79 Å². The Bertz CT molecular complexity index is 483. The summed E-state index contributed by atoms with van der Waals surface area (Å²) in [4.78, 5) is 13.4. The second-order valence-electron chi connectivity index (χ2n) is 9.70. The molecule has 25 heavy (non-hydrogen) atoms. The van der Waals surface area contributed by atoms with Crippen molar-refractivity contribution in [1.29, 1.82) is 0 Å². The SMILES string of the molecule is CO[C@]1(CCO)C(C(C)(C)C)N(C(=O)O)C[C@@H]1O[Si](C)(C)C(C)(C)C. The fourth-order valence-electron chi connectivity index (χ4n) is 3.75. The molecule has 1 amide bonds. The molecule has 0 radical (unpaired) electrons. The molecular weight excluding hydrogens is 338 g/mol. The molecule has 1 saturated heterocycles. The summed E-state index contributed by atoms with van der Waals surface area (Å²) < 4.78 is 12.6. The van der Waals surface area contributed by atoms with Crippen LogP contribution in [0.3, 0.4) is 0 Å². The maximum atomic E-state index is 11.9. The molecule has 1 unspecified atom stereocenters. The largest absolute Gasteiger partial charge is 0.465 e. The highest BCUT2D eigenvalue weighted by atomic mass is 28.4. The summed E-state index contributed by atoms with van der Waals surface area (Å²) >= 11 is 0. The van der Waals surface area contributed by atoms with Gasteiger partial charge in [0, 0.05) is 20.1 Å². The van der Waals surface area contributed by atoms with Crippen LogP contribution < -0.4 is 0 Å². The summed E-state index contributed by atoms with van der Waals surface area (Å²) in [6.07, 6.45) is -1.03. The minimum absolute atomic E-state index is 0.000428. The molecule has 6 nitrogen and oxygen atoms in total. The van der Waals surface area contributed by atoms with Crippen molar-refractivity contribution in [2.24, 2.45) is 5.41 Å². The number of hydrogen-bond donors (Lipinski definition) is 2. The number of methoxy groups -OCH3 is 1. The van der Waals surface area contributed by atoms with E-state index in [1.54, 1.807) is 7.11 Å². The van der Waals surface area contributed by atoms with Gasteiger partial charge >= 0.3 is 6.09 Å². The van der Waals surface area contributed by atoms with E-state index in [4.69, 9.17) is 9.16 Å². The standard InChI is InChI=1S/C18H37NO5Si/c1-16(2,3)14-18(23-7,10-11-20)13(12-19(14)15(21)22)24-25(8,9)17(4,5)6/h13-14,20H,10-12H2,1-9H3,(H,21,22)/t13-,14?,18-/m0/s1. The van der Waals surface area contributed by atoms with Gasteiger partial charge in [0.2, 0.25) is 0 Å². The number of nitrogens with zero attached hydrogens (tertiary/aromatic N) is 1. The van der Waals surface area contributed by atoms with Crippen LogP contribution in [-0.2, 0) is 9.16 Å². The molecule has 0 aliphatic carbocycles. The van der Waals surface area contributed by atoms with Gasteiger partial charge in [0.25, 0.3) is 0 Å². The summed E-state index contributed by atoms with van der Waals surface area (Å²) in [6, 6.07) is -0.399. The van der Waals surface area contributed by atoms with Crippen molar-refractivity contribution in [3.63, 3.8) is 0 Å². The molecule has 0 aromatic heterocycles. The summed E-state index contributed by atoms with van der Waals surface area (Å²) in [5.74, 6) is 0. The minimum atomic E-state index is -2.14. The zero-order valence-electron chi connectivity index (χ0n) is 17.3. The number of carboxylic acid groups (broad SMARTS) is 1. The average Bonchev–Trinajstić information content (AvgIpc) is 2.72. The highest BCUT2D eigenvalue weighted by Crippen LogP contribution is 2.48. The van der Waals surface area contributed by atoms with Gasteiger partial charge in [-0.1, -0.05) is 41.5 Å². The molecule has 1 aliphatic heterocycles. The van der Waals surface area contributed by atoms with E-state index in [2.05, 4.69) is 33.9 Å². The lowest BCUT2D eigenvalue weighted by Gasteiger charge is -2.47. The van der Waals surface area contributed by atoms with Gasteiger partial charge in [0.15, 0.2) is 8.32 Å². The summed E-state index contributed by atoms with van der Waals surface area (Å²) in [7, 11) is -0.539. The molecule has 0 aromatic rings. The second-order valence-corrected chi connectivity index (χ2v) is 14.5. The predicted octanol–water partition coefficient (Wildman–Crippen LogP) is 3.55. The third kappa shape index (κ3) is 4.21. The van der Waals surface area contributed by atoms with E-state index in [1.807, 2.05) is 20.8 Å². The van der Waals surface area contributed by atoms with Gasteiger partial charge in [-0.2, -0.15) is 0 Å². The molecule has 1 heterocycles. The van der Waals surface area contributed by atoms with Gasteiger partial charge in [-0.3, -0.25) is 4.90 Å². The molecule has 2 N–H and O–H groups in total. The highest BCUT2D eigenvalue weighted by Gasteiger charge is 2.61. The first-order valence-electron chi connectivity index (χ1n) is 8.97. The Hall–Kier alpha value is -0.633. The second kappa shape index (κ2) is 7.17. The monoisotopic (exact) mass is 375 g/mol. The summed E-state index contributed by atoms with van der Waals surface area (Å²) in [6.45, 7) is 17.0. The van der Waals surface area contributed by atoms with Crippen LogP contribution >= 0.6 is 0 Å². The smallest absolute Gasteiger partial charge is 0.407 e. The van der Waals surface area contributed by atoms with Crippen molar-refractivity contribution in [2.75, 3.05) is 20.3 Å². The Balaban J connectivity index is 3.43. The maximum absolute atomic E-state index is 11.9. The van der Waals surface area contributed by atoms with Crippen LogP contribution in [0.15, 0.2) is 0 Å². The molecule has 0 bridgehead atoms. The first-order chi connectivity index (χ1) is 11.1. The zero-order valence-corrected chi connectivity index (χ0v) is 18.3. The Morgan fingerprint density at radius 1 is 1.24 bits per heavy atom. The molecule has 3 atom stereocenters. The van der Waals surface area contributed by atoms with Crippen molar-refractivity contribution < 1.29 is 24.2 Å². The van der Waals surface area contributed by atoms with E-state index in [9.17, 15) is 15.0 Å². The quantitative estimate of drug-likeness (QED) is 0.718. The van der Waals surface area contributed by atoms with Gasteiger partial charge in [-0.15, -0.1) is 0 Å². The number of hydrogen-bond acceptors (Lipinski definition) is 4. The van der Waals surface area contributed by atoms with E-state index in [-0.39, 0.29) is 23.6 Å². The molecular formula is C18H37NO5Si. The number of ether oxygens (including phenoxy) is 1. The van der Waals surface area contributed by atoms with Gasteiger partial charge in [-0.05, 0) is 23.5 Å². The number of amides is 1. The Morgan fingerprint density at radius 2 is 1.76 bits per heavy atom. The van der Waals surface area contributed by atoms with Crippen LogP contribution in [0.25, 0.3) is 0 Å². The topological polar surface area (TPSA) is 79.2 Å². The van der Waals surface area contributed by atoms with Crippen LogP contribution in [0.5, 0.6) is 0 Å². The maximum Gasteiger partial charge on any atom is 0.407 e. The zero-order chi connectivity index (χ0) is 19.8. The molecule has 1 fully saturated rings. The van der Waals surface area contributed by atoms with Crippen molar-refractivity contribution in [2.45, 2.75) is 83.8 Å². The summed E-state index contributed by atoms with van der Waals surface area (Å²) in [5, 5.41) is 19.5. The third-order valence-corrected chi connectivity index (χ3v) is 10.4. The molecule has 148 valence electrons. The Morgan fingerprint density at radius 3 is 2.08 bits per heavy atom. The van der Waals surface area contributed by atoms with Crippen LogP contribution in [-0.4, -0.2) is 67.5 Å². The van der Waals surface area contributed by atoms with Crippen molar-refractivity contribution in [3.05, 3.63) is 0 Å². The Labute approximate surface area is 153 Å². The fourth-order valence-corrected chi connectivity index (χ4v) is 5.09. The lowest BCUT2D eigenvalue weighted by Crippen LogP contribution is -2.60. The van der Waals surface area contributed by atoms with Gasteiger partial charge < -0.3 is 19.4 Å². The van der Waals surface area contributed by atoms with Crippen LogP contribution in [0.2, 0.25) is 18.1 Å². The van der Waals surface area contributed by atoms with Crippen molar-refractivity contribution in [3.8, 4) is 0 Å². The minimum Gasteiger partial charge on any atom is -0.465 e. The normalized spacial score (nSPS) is 28.5. The lowest BCUT2D eigenvalue weighted by molar-refractivity contribution is -0.121. The Kier molecular flexibility index (Phi) is 6.43. The molecule has 0 spiro atoms. The van der Waals surface area contributed by atoms with E-state index in [0.29, 0.717) is 6.42 Å². The molecule has 0 saturated carbocycles. The molecule has 0 aromatic carbocycles. The van der Waals surface area contributed by atoms with E-state index < -0.39 is 32.2 Å². The van der Waals surface area contributed by atoms with Gasteiger partial charge in [0.1, 0.15) is 5.60 Å². The molecule has 7 heteroatoms. The van der Waals surface area contributed by atoms with Crippen LogP contribution in [0, 0.1) is 5.41 Å². The van der Waals surface area contributed by atoms with Crippen LogP contribution in [0.4, 0.5) is 4.79 Å². The lowest BCUT2D eigenvalue weighted by atomic mass is 9.74. The number of rotatable bonds is 5. The van der Waals surface area contributed by atoms with Crippen LogP contribution in [0.1, 0.15) is 48.0 Å². The number of aliphatic hydroxyl groups is 1. The molecule has 1 rings (SSSR count). The van der Waals surface area contributed by atoms with Crippen molar-refractivity contribution >= 4 is 14.4 Å². The fraction of sp³-hybridized carbons (Fsp3) is 0.944. The first kappa shape index (κ1) is 22.4. The third-order valence-electron chi connectivity index (χ3n) is 5.87. The average molecular weight is 376 g/mol. The summed E-state index contributed by atoms with van der Waals surface area (Å²) in [5.41, 5.74) is -1.21. The van der Waals surface area contributed by atoms with Crippen molar-refractivity contribution in [1.82, 2.24) is 4.90 Å². The van der Waals surface area contributed by atoms with E-state index in [1.165, 1.54) is 4.90 Å². The van der Waals surface area contributed by atoms with Gasteiger partial charge in [0.05, 0.1) is 18.7 Å². The number of carbonyl (C=O) groups is 1.